The van der Waals surface area contributed by atoms with Gasteiger partial charge in [0.1, 0.15) is 5.75 Å². The van der Waals surface area contributed by atoms with Crippen LogP contribution in [0.5, 0.6) is 17.2 Å². The van der Waals surface area contributed by atoms with Crippen molar-refractivity contribution < 1.29 is 19.0 Å². The summed E-state index contributed by atoms with van der Waals surface area (Å²) in [5, 5.41) is 0. The first-order valence-electron chi connectivity index (χ1n) is 9.01. The van der Waals surface area contributed by atoms with Gasteiger partial charge in [0, 0.05) is 32.7 Å². The molecule has 0 aliphatic carbocycles. The zero-order chi connectivity index (χ0) is 19.2. The molecule has 1 aliphatic heterocycles. The van der Waals surface area contributed by atoms with Gasteiger partial charge in [0.25, 0.3) is 5.91 Å². The first-order valence-corrected chi connectivity index (χ1v) is 9.01. The lowest BCUT2D eigenvalue weighted by atomic mass is 10.1. The molecule has 1 aliphatic rings. The quantitative estimate of drug-likeness (QED) is 0.783. The van der Waals surface area contributed by atoms with Crippen LogP contribution in [-0.4, -0.2) is 63.2 Å². The Hall–Kier alpha value is -2.73. The van der Waals surface area contributed by atoms with Gasteiger partial charge in [-0.15, -0.1) is 0 Å². The SMILES string of the molecule is COc1ccc(CN2CCN(C(=O)c3ccccc3OC)CC2)cc1OC. The highest BCUT2D eigenvalue weighted by Crippen LogP contribution is 2.28. The Morgan fingerprint density at radius 3 is 2.19 bits per heavy atom. The van der Waals surface area contributed by atoms with Gasteiger partial charge in [0.05, 0.1) is 26.9 Å². The molecular weight excluding hydrogens is 344 g/mol. The summed E-state index contributed by atoms with van der Waals surface area (Å²) in [4.78, 5) is 17.0. The van der Waals surface area contributed by atoms with E-state index in [1.807, 2.05) is 47.4 Å². The molecule has 0 atom stereocenters. The number of amides is 1. The van der Waals surface area contributed by atoms with E-state index in [1.165, 1.54) is 0 Å². The summed E-state index contributed by atoms with van der Waals surface area (Å²) in [6.07, 6.45) is 0. The molecule has 1 amide bonds. The molecule has 6 nitrogen and oxygen atoms in total. The lowest BCUT2D eigenvalue weighted by molar-refractivity contribution is 0.0625. The number of nitrogens with zero attached hydrogens (tertiary/aromatic N) is 2. The molecule has 1 heterocycles. The molecular formula is C21H26N2O4. The Bertz CT molecular complexity index is 786. The third-order valence-corrected chi connectivity index (χ3v) is 4.85. The van der Waals surface area contributed by atoms with Crippen molar-refractivity contribution in [3.05, 3.63) is 53.6 Å². The molecule has 1 fully saturated rings. The van der Waals surface area contributed by atoms with E-state index < -0.39 is 0 Å². The average Bonchev–Trinajstić information content (AvgIpc) is 2.73. The zero-order valence-corrected chi connectivity index (χ0v) is 16.1. The first-order chi connectivity index (χ1) is 13.2. The summed E-state index contributed by atoms with van der Waals surface area (Å²) in [5.74, 6) is 2.11. The molecule has 2 aromatic rings. The van der Waals surface area contributed by atoms with Crippen LogP contribution < -0.4 is 14.2 Å². The smallest absolute Gasteiger partial charge is 0.257 e. The molecule has 0 spiro atoms. The largest absolute Gasteiger partial charge is 0.496 e. The Morgan fingerprint density at radius 1 is 0.852 bits per heavy atom. The van der Waals surface area contributed by atoms with E-state index in [9.17, 15) is 4.79 Å². The Balaban J connectivity index is 1.60. The highest BCUT2D eigenvalue weighted by Gasteiger charge is 2.24. The molecule has 0 unspecified atom stereocenters. The van der Waals surface area contributed by atoms with Crippen LogP contribution in [-0.2, 0) is 6.54 Å². The predicted octanol–water partition coefficient (Wildman–Crippen LogP) is 2.67. The van der Waals surface area contributed by atoms with Crippen LogP contribution in [0.3, 0.4) is 0 Å². The topological polar surface area (TPSA) is 51.2 Å². The van der Waals surface area contributed by atoms with Crippen molar-refractivity contribution in [2.45, 2.75) is 6.54 Å². The van der Waals surface area contributed by atoms with Crippen molar-refractivity contribution >= 4 is 5.91 Å². The maximum Gasteiger partial charge on any atom is 0.257 e. The van der Waals surface area contributed by atoms with Crippen LogP contribution in [0, 0.1) is 0 Å². The molecule has 0 N–H and O–H groups in total. The van der Waals surface area contributed by atoms with E-state index in [4.69, 9.17) is 14.2 Å². The van der Waals surface area contributed by atoms with Gasteiger partial charge in [-0.05, 0) is 29.8 Å². The van der Waals surface area contributed by atoms with Crippen molar-refractivity contribution in [3.63, 3.8) is 0 Å². The van der Waals surface area contributed by atoms with Gasteiger partial charge in [0.15, 0.2) is 11.5 Å². The second-order valence-electron chi connectivity index (χ2n) is 6.46. The summed E-state index contributed by atoms with van der Waals surface area (Å²) >= 11 is 0. The van der Waals surface area contributed by atoms with Gasteiger partial charge < -0.3 is 19.1 Å². The maximum atomic E-state index is 12.8. The second-order valence-corrected chi connectivity index (χ2v) is 6.46. The summed E-state index contributed by atoms with van der Waals surface area (Å²) in [5.41, 5.74) is 1.78. The first kappa shape index (κ1) is 19.0. The number of ether oxygens (including phenoxy) is 3. The van der Waals surface area contributed by atoms with Gasteiger partial charge in [-0.3, -0.25) is 9.69 Å². The summed E-state index contributed by atoms with van der Waals surface area (Å²) in [6, 6.07) is 13.4. The number of rotatable bonds is 6. The number of hydrogen-bond acceptors (Lipinski definition) is 5. The fraction of sp³-hybridized carbons (Fsp3) is 0.381. The monoisotopic (exact) mass is 370 g/mol. The standard InChI is InChI=1S/C21H26N2O4/c1-25-18-7-5-4-6-17(18)21(24)23-12-10-22(11-13-23)15-16-8-9-19(26-2)20(14-16)27-3/h4-9,14H,10-13,15H2,1-3H3. The molecule has 0 aromatic heterocycles. The highest BCUT2D eigenvalue weighted by atomic mass is 16.5. The van der Waals surface area contributed by atoms with Crippen molar-refractivity contribution in [2.75, 3.05) is 47.5 Å². The highest BCUT2D eigenvalue weighted by molar-refractivity contribution is 5.97. The van der Waals surface area contributed by atoms with E-state index in [0.717, 1.165) is 36.7 Å². The molecule has 27 heavy (non-hydrogen) atoms. The van der Waals surface area contributed by atoms with Gasteiger partial charge in [0.2, 0.25) is 0 Å². The lowest BCUT2D eigenvalue weighted by Crippen LogP contribution is -2.48. The minimum Gasteiger partial charge on any atom is -0.496 e. The van der Waals surface area contributed by atoms with Crippen molar-refractivity contribution in [3.8, 4) is 17.2 Å². The molecule has 3 rings (SSSR count). The number of hydrogen-bond donors (Lipinski definition) is 0. The van der Waals surface area contributed by atoms with Gasteiger partial charge in [-0.1, -0.05) is 18.2 Å². The Labute approximate surface area is 160 Å². The zero-order valence-electron chi connectivity index (χ0n) is 16.1. The summed E-state index contributed by atoms with van der Waals surface area (Å²) in [6.45, 7) is 3.87. The third kappa shape index (κ3) is 4.34. The van der Waals surface area contributed by atoms with Gasteiger partial charge in [-0.25, -0.2) is 0 Å². The van der Waals surface area contributed by atoms with Crippen LogP contribution in [0.2, 0.25) is 0 Å². The minimum absolute atomic E-state index is 0.0261. The lowest BCUT2D eigenvalue weighted by Gasteiger charge is -2.35. The summed E-state index contributed by atoms with van der Waals surface area (Å²) < 4.78 is 16.0. The number of piperazine rings is 1. The Kier molecular flexibility index (Phi) is 6.19. The van der Waals surface area contributed by atoms with Crippen LogP contribution in [0.4, 0.5) is 0 Å². The number of carbonyl (C=O) groups is 1. The van der Waals surface area contributed by atoms with Crippen molar-refractivity contribution in [2.24, 2.45) is 0 Å². The number of carbonyl (C=O) groups excluding carboxylic acids is 1. The van der Waals surface area contributed by atoms with Crippen LogP contribution in [0.25, 0.3) is 0 Å². The fourth-order valence-electron chi connectivity index (χ4n) is 3.34. The van der Waals surface area contributed by atoms with Crippen molar-refractivity contribution in [1.29, 1.82) is 0 Å². The molecule has 0 bridgehead atoms. The van der Waals surface area contributed by atoms with E-state index in [2.05, 4.69) is 4.90 Å². The average molecular weight is 370 g/mol. The summed E-state index contributed by atoms with van der Waals surface area (Å²) in [7, 11) is 4.87. The molecule has 1 saturated heterocycles. The normalized spacial score (nSPS) is 14.7. The Morgan fingerprint density at radius 2 is 1.52 bits per heavy atom. The van der Waals surface area contributed by atoms with Gasteiger partial charge in [-0.2, -0.15) is 0 Å². The van der Waals surface area contributed by atoms with E-state index in [1.54, 1.807) is 21.3 Å². The third-order valence-electron chi connectivity index (χ3n) is 4.85. The minimum atomic E-state index is 0.0261. The predicted molar refractivity (Wildman–Crippen MR) is 104 cm³/mol. The second kappa shape index (κ2) is 8.77. The molecule has 0 radical (unpaired) electrons. The maximum absolute atomic E-state index is 12.8. The van der Waals surface area contributed by atoms with E-state index in [-0.39, 0.29) is 5.91 Å². The number of para-hydroxylation sites is 1. The van der Waals surface area contributed by atoms with Gasteiger partial charge >= 0.3 is 0 Å². The molecule has 144 valence electrons. The van der Waals surface area contributed by atoms with E-state index in [0.29, 0.717) is 24.4 Å². The van der Waals surface area contributed by atoms with E-state index >= 15 is 0 Å². The molecule has 0 saturated carbocycles. The molecule has 2 aromatic carbocycles. The van der Waals surface area contributed by atoms with Crippen LogP contribution >= 0.6 is 0 Å². The number of benzene rings is 2. The fourth-order valence-corrected chi connectivity index (χ4v) is 3.34. The number of methoxy groups -OCH3 is 3. The van der Waals surface area contributed by atoms with Crippen LogP contribution in [0.1, 0.15) is 15.9 Å². The van der Waals surface area contributed by atoms with Crippen LogP contribution in [0.15, 0.2) is 42.5 Å². The molecule has 6 heteroatoms. The van der Waals surface area contributed by atoms with Crippen molar-refractivity contribution in [1.82, 2.24) is 9.80 Å².